The van der Waals surface area contributed by atoms with Crippen molar-refractivity contribution in [3.8, 4) is 23.9 Å². The SMILES string of the molecule is Cc1cc(C(C#N)=C(C#N)C#N)c(C)n1-c1ccc(C(=O)O)cc1. The number of allylic oxidation sites excluding steroid dienone is 2. The van der Waals surface area contributed by atoms with Crippen molar-refractivity contribution in [2.45, 2.75) is 13.8 Å². The Bertz CT molecular complexity index is 958. The molecule has 0 spiro atoms. The minimum Gasteiger partial charge on any atom is -0.478 e. The molecule has 2 aromatic rings. The standard InChI is InChI=1S/C18H12N4O2/c1-11-7-16(17(10-21)14(8-19)9-20)12(2)22(11)15-5-3-13(4-6-15)18(23)24/h3-7H,1-2H3,(H,23,24). The molecule has 0 atom stereocenters. The van der Waals surface area contributed by atoms with Gasteiger partial charge in [0.15, 0.2) is 0 Å². The van der Waals surface area contributed by atoms with Crippen LogP contribution in [-0.4, -0.2) is 15.6 Å². The molecule has 0 saturated heterocycles. The fourth-order valence-electron chi connectivity index (χ4n) is 2.55. The maximum Gasteiger partial charge on any atom is 0.335 e. The Hall–Kier alpha value is -3.82. The Labute approximate surface area is 138 Å². The van der Waals surface area contributed by atoms with Gasteiger partial charge in [-0.05, 0) is 44.2 Å². The van der Waals surface area contributed by atoms with E-state index in [0.717, 1.165) is 11.4 Å². The maximum atomic E-state index is 10.9. The molecule has 0 amide bonds. The number of aryl methyl sites for hydroxylation is 1. The average molecular weight is 316 g/mol. The van der Waals surface area contributed by atoms with Crippen LogP contribution in [0.3, 0.4) is 0 Å². The number of rotatable bonds is 3. The molecule has 1 N–H and O–H groups in total. The molecular weight excluding hydrogens is 304 g/mol. The Morgan fingerprint density at radius 1 is 1.04 bits per heavy atom. The van der Waals surface area contributed by atoms with Gasteiger partial charge in [-0.1, -0.05) is 0 Å². The molecule has 24 heavy (non-hydrogen) atoms. The lowest BCUT2D eigenvalue weighted by molar-refractivity contribution is 0.0697. The number of hydrogen-bond donors (Lipinski definition) is 1. The summed E-state index contributed by atoms with van der Waals surface area (Å²) < 4.78 is 1.84. The molecule has 0 bridgehead atoms. The highest BCUT2D eigenvalue weighted by Crippen LogP contribution is 2.28. The van der Waals surface area contributed by atoms with Crippen LogP contribution >= 0.6 is 0 Å². The Balaban J connectivity index is 2.65. The summed E-state index contributed by atoms with van der Waals surface area (Å²) in [7, 11) is 0. The molecule has 0 aliphatic rings. The van der Waals surface area contributed by atoms with Crippen molar-refractivity contribution in [3.63, 3.8) is 0 Å². The van der Waals surface area contributed by atoms with Crippen LogP contribution in [0.2, 0.25) is 0 Å². The summed E-state index contributed by atoms with van der Waals surface area (Å²) in [6.07, 6.45) is 0. The van der Waals surface area contributed by atoms with Crippen molar-refractivity contribution >= 4 is 11.5 Å². The van der Waals surface area contributed by atoms with Gasteiger partial charge in [0.25, 0.3) is 0 Å². The van der Waals surface area contributed by atoms with Crippen molar-refractivity contribution in [1.82, 2.24) is 4.57 Å². The van der Waals surface area contributed by atoms with Crippen LogP contribution < -0.4 is 0 Å². The van der Waals surface area contributed by atoms with E-state index >= 15 is 0 Å². The minimum absolute atomic E-state index is 0.0292. The summed E-state index contributed by atoms with van der Waals surface area (Å²) in [5.74, 6) is -1.01. The maximum absolute atomic E-state index is 10.9. The molecule has 6 heteroatoms. The van der Waals surface area contributed by atoms with Gasteiger partial charge in [-0.2, -0.15) is 15.8 Å². The lowest BCUT2D eigenvalue weighted by atomic mass is 10.0. The third-order valence-electron chi connectivity index (χ3n) is 3.66. The highest BCUT2D eigenvalue weighted by atomic mass is 16.4. The minimum atomic E-state index is -1.01. The molecule has 0 aliphatic heterocycles. The zero-order valence-electron chi connectivity index (χ0n) is 13.0. The van der Waals surface area contributed by atoms with Crippen LogP contribution in [0.4, 0.5) is 0 Å². The van der Waals surface area contributed by atoms with E-state index in [1.807, 2.05) is 17.6 Å². The number of aromatic nitrogens is 1. The first-order valence-electron chi connectivity index (χ1n) is 6.92. The Morgan fingerprint density at radius 2 is 1.62 bits per heavy atom. The first-order valence-corrected chi connectivity index (χ1v) is 6.92. The molecule has 1 heterocycles. The first-order chi connectivity index (χ1) is 11.4. The molecule has 6 nitrogen and oxygen atoms in total. The van der Waals surface area contributed by atoms with Crippen LogP contribution in [-0.2, 0) is 0 Å². The van der Waals surface area contributed by atoms with Crippen LogP contribution in [0, 0.1) is 47.8 Å². The highest BCUT2D eigenvalue weighted by molar-refractivity contribution is 5.88. The predicted octanol–water partition coefficient (Wildman–Crippen LogP) is 3.12. The monoisotopic (exact) mass is 316 g/mol. The lowest BCUT2D eigenvalue weighted by Gasteiger charge is -2.10. The van der Waals surface area contributed by atoms with E-state index in [-0.39, 0.29) is 16.7 Å². The van der Waals surface area contributed by atoms with Crippen molar-refractivity contribution in [3.05, 3.63) is 58.4 Å². The van der Waals surface area contributed by atoms with Gasteiger partial charge in [0.2, 0.25) is 0 Å². The van der Waals surface area contributed by atoms with Gasteiger partial charge in [-0.25, -0.2) is 4.79 Å². The molecule has 1 aromatic carbocycles. The fraction of sp³-hybridized carbons (Fsp3) is 0.111. The van der Waals surface area contributed by atoms with E-state index in [1.165, 1.54) is 12.1 Å². The zero-order chi connectivity index (χ0) is 17.9. The van der Waals surface area contributed by atoms with Gasteiger partial charge in [0.1, 0.15) is 23.8 Å². The molecule has 0 unspecified atom stereocenters. The largest absolute Gasteiger partial charge is 0.478 e. The van der Waals surface area contributed by atoms with Crippen molar-refractivity contribution in [1.29, 1.82) is 15.8 Å². The second kappa shape index (κ2) is 6.52. The second-order valence-corrected chi connectivity index (χ2v) is 5.06. The van der Waals surface area contributed by atoms with Crippen LogP contribution in [0.1, 0.15) is 27.3 Å². The molecule has 116 valence electrons. The summed E-state index contributed by atoms with van der Waals surface area (Å²) in [4.78, 5) is 10.9. The zero-order valence-corrected chi connectivity index (χ0v) is 13.0. The van der Waals surface area contributed by atoms with Crippen molar-refractivity contribution in [2.24, 2.45) is 0 Å². The van der Waals surface area contributed by atoms with E-state index in [4.69, 9.17) is 15.6 Å². The fourth-order valence-corrected chi connectivity index (χ4v) is 2.55. The van der Waals surface area contributed by atoms with Crippen LogP contribution in [0.15, 0.2) is 35.9 Å². The average Bonchev–Trinajstić information content (AvgIpc) is 2.87. The topological polar surface area (TPSA) is 114 Å². The lowest BCUT2D eigenvalue weighted by Crippen LogP contribution is -2.01. The van der Waals surface area contributed by atoms with Gasteiger partial charge in [0.05, 0.1) is 11.1 Å². The number of benzene rings is 1. The molecule has 1 aromatic heterocycles. The Kier molecular flexibility index (Phi) is 4.50. The third kappa shape index (κ3) is 2.75. The summed E-state index contributed by atoms with van der Waals surface area (Å²) in [6, 6.07) is 13.4. The van der Waals surface area contributed by atoms with Gasteiger partial charge < -0.3 is 9.67 Å². The van der Waals surface area contributed by atoms with E-state index in [2.05, 4.69) is 0 Å². The molecule has 0 radical (unpaired) electrons. The van der Waals surface area contributed by atoms with E-state index in [0.29, 0.717) is 11.3 Å². The Morgan fingerprint density at radius 3 is 2.08 bits per heavy atom. The van der Waals surface area contributed by atoms with Crippen LogP contribution in [0.5, 0.6) is 0 Å². The highest BCUT2D eigenvalue weighted by Gasteiger charge is 2.17. The number of nitrogens with zero attached hydrogens (tertiary/aromatic N) is 4. The summed E-state index contributed by atoms with van der Waals surface area (Å²) in [5.41, 5.74) is 2.70. The van der Waals surface area contributed by atoms with Crippen molar-refractivity contribution < 1.29 is 9.90 Å². The summed E-state index contributed by atoms with van der Waals surface area (Å²) in [6.45, 7) is 3.60. The number of carbonyl (C=O) groups is 1. The quantitative estimate of drug-likeness (QED) is 0.874. The molecule has 2 rings (SSSR count). The van der Waals surface area contributed by atoms with Crippen molar-refractivity contribution in [2.75, 3.05) is 0 Å². The predicted molar refractivity (Wildman–Crippen MR) is 86.0 cm³/mol. The molecule has 0 aliphatic carbocycles. The number of hydrogen-bond acceptors (Lipinski definition) is 4. The van der Waals surface area contributed by atoms with Gasteiger partial charge in [-0.3, -0.25) is 0 Å². The number of nitriles is 3. The molecular formula is C18H12N4O2. The van der Waals surface area contributed by atoms with E-state index in [9.17, 15) is 10.1 Å². The smallest absolute Gasteiger partial charge is 0.335 e. The number of aromatic carboxylic acids is 1. The van der Waals surface area contributed by atoms with E-state index < -0.39 is 5.97 Å². The van der Waals surface area contributed by atoms with E-state index in [1.54, 1.807) is 37.3 Å². The van der Waals surface area contributed by atoms with Gasteiger partial charge >= 0.3 is 5.97 Å². The molecule has 0 saturated carbocycles. The van der Waals surface area contributed by atoms with Gasteiger partial charge in [0, 0.05) is 22.6 Å². The number of carboxylic acids is 1. The second-order valence-electron chi connectivity index (χ2n) is 5.06. The molecule has 0 fully saturated rings. The summed E-state index contributed by atoms with van der Waals surface area (Å²) in [5, 5.41) is 36.3. The van der Waals surface area contributed by atoms with Crippen LogP contribution in [0.25, 0.3) is 11.3 Å². The normalized spacial score (nSPS) is 9.46. The van der Waals surface area contributed by atoms with Gasteiger partial charge in [-0.15, -0.1) is 0 Å². The first kappa shape index (κ1) is 16.5. The third-order valence-corrected chi connectivity index (χ3v) is 3.66. The summed E-state index contributed by atoms with van der Waals surface area (Å²) >= 11 is 0. The number of carboxylic acid groups (broad SMARTS) is 1.